The van der Waals surface area contributed by atoms with Crippen LogP contribution in [0.15, 0.2) is 29.2 Å². The number of benzene rings is 1. The molecule has 1 fully saturated rings. The Balaban J connectivity index is 2.36. The van der Waals surface area contributed by atoms with Crippen molar-refractivity contribution in [2.24, 2.45) is 5.92 Å². The zero-order valence-electron chi connectivity index (χ0n) is 27.6. The third kappa shape index (κ3) is 9.30. The lowest BCUT2D eigenvalue weighted by molar-refractivity contribution is -0.111. The molecule has 5 atom stereocenters. The van der Waals surface area contributed by atoms with Crippen LogP contribution in [0.1, 0.15) is 66.9 Å². The van der Waals surface area contributed by atoms with Crippen LogP contribution in [0.5, 0.6) is 0 Å². The van der Waals surface area contributed by atoms with Crippen molar-refractivity contribution in [3.05, 3.63) is 29.8 Å². The highest BCUT2D eigenvalue weighted by atomic mass is 32.2. The van der Waals surface area contributed by atoms with Gasteiger partial charge in [-0.1, -0.05) is 60.6 Å². The molecule has 1 saturated heterocycles. The minimum atomic E-state index is -3.63. The first-order valence-corrected chi connectivity index (χ1v) is 22.4. The fraction of sp³-hybridized carbons (Fsp3) is 0.774. The molecule has 0 bridgehead atoms. The van der Waals surface area contributed by atoms with Crippen molar-refractivity contribution < 1.29 is 31.5 Å². The zero-order chi connectivity index (χ0) is 31.4. The van der Waals surface area contributed by atoms with Gasteiger partial charge in [0.2, 0.25) is 0 Å². The summed E-state index contributed by atoms with van der Waals surface area (Å²) in [5.41, 5.74) is 1.08. The number of methoxy groups -OCH3 is 1. The fourth-order valence-corrected chi connectivity index (χ4v) is 8.78. The second-order valence-corrected chi connectivity index (χ2v) is 26.2. The van der Waals surface area contributed by atoms with Crippen molar-refractivity contribution in [2.75, 3.05) is 19.5 Å². The zero-order valence-corrected chi connectivity index (χ0v) is 30.4. The van der Waals surface area contributed by atoms with Crippen LogP contribution in [0.2, 0.25) is 36.3 Å². The van der Waals surface area contributed by atoms with E-state index in [0.717, 1.165) is 18.3 Å². The Labute approximate surface area is 252 Å². The van der Waals surface area contributed by atoms with Gasteiger partial charge >= 0.3 is 0 Å². The molecule has 236 valence electrons. The van der Waals surface area contributed by atoms with Crippen LogP contribution in [0.4, 0.5) is 0 Å². The lowest BCUT2D eigenvalue weighted by atomic mass is 9.94. The minimum Gasteiger partial charge on any atom is -0.414 e. The molecule has 0 saturated carbocycles. The monoisotopic (exact) mass is 628 g/mol. The van der Waals surface area contributed by atoms with Gasteiger partial charge in [-0.25, -0.2) is 8.42 Å². The molecule has 1 aliphatic heterocycles. The molecule has 1 unspecified atom stereocenters. The Bertz CT molecular complexity index is 1090. The van der Waals surface area contributed by atoms with Crippen molar-refractivity contribution in [1.82, 2.24) is 0 Å². The molecule has 0 amide bonds. The standard InChI is InChI=1S/C31H56O7SSi2/c1-13-23-14-16-25(17-15-23)39(33,34)22-26-27(18-19-32)37-28(29(26)35-8)20-24(38-41(11,12)31(5,6)7)21-36-40(9,10)30(2,3)4/h14-17,19,24,26-29H,13,18,20-22H2,1-12H3/t24?,26-,27-,28+,29-/m0/s1. The van der Waals surface area contributed by atoms with Crippen LogP contribution in [0.25, 0.3) is 0 Å². The molecule has 0 aliphatic carbocycles. The fourth-order valence-electron chi connectivity index (χ4n) is 4.74. The number of ether oxygens (including phenoxy) is 2. The highest BCUT2D eigenvalue weighted by Crippen LogP contribution is 2.41. The van der Waals surface area contributed by atoms with E-state index in [4.69, 9.17) is 18.3 Å². The molecule has 0 spiro atoms. The predicted octanol–water partition coefficient (Wildman–Crippen LogP) is 6.81. The third-order valence-electron chi connectivity index (χ3n) is 9.52. The van der Waals surface area contributed by atoms with Crippen molar-refractivity contribution >= 4 is 32.8 Å². The summed E-state index contributed by atoms with van der Waals surface area (Å²) < 4.78 is 52.9. The molecule has 1 aromatic rings. The van der Waals surface area contributed by atoms with Gasteiger partial charge in [-0.05, 0) is 60.4 Å². The van der Waals surface area contributed by atoms with Crippen molar-refractivity contribution in [3.8, 4) is 0 Å². The van der Waals surface area contributed by atoms with Crippen molar-refractivity contribution in [1.29, 1.82) is 0 Å². The predicted molar refractivity (Wildman–Crippen MR) is 171 cm³/mol. The maximum absolute atomic E-state index is 13.5. The largest absolute Gasteiger partial charge is 0.414 e. The summed E-state index contributed by atoms with van der Waals surface area (Å²) in [5, 5.41) is 0.0562. The van der Waals surface area contributed by atoms with E-state index in [0.29, 0.717) is 13.0 Å². The molecule has 0 N–H and O–H groups in total. The van der Waals surface area contributed by atoms with E-state index in [2.05, 4.69) is 67.7 Å². The Hall–Kier alpha value is -0.886. The molecular weight excluding hydrogens is 573 g/mol. The molecule has 1 aliphatic rings. The van der Waals surface area contributed by atoms with E-state index >= 15 is 0 Å². The Kier molecular flexibility index (Phi) is 12.2. The lowest BCUT2D eigenvalue weighted by Gasteiger charge is -2.42. The highest BCUT2D eigenvalue weighted by molar-refractivity contribution is 7.91. The van der Waals surface area contributed by atoms with Gasteiger partial charge in [-0.15, -0.1) is 0 Å². The van der Waals surface area contributed by atoms with E-state index in [9.17, 15) is 13.2 Å². The quantitative estimate of drug-likeness (QED) is 0.165. The van der Waals surface area contributed by atoms with Crippen LogP contribution < -0.4 is 0 Å². The van der Waals surface area contributed by atoms with Crippen LogP contribution >= 0.6 is 0 Å². The number of rotatable bonds is 14. The third-order valence-corrected chi connectivity index (χ3v) is 20.4. The van der Waals surface area contributed by atoms with Gasteiger partial charge in [0.1, 0.15) is 6.29 Å². The van der Waals surface area contributed by atoms with Crippen LogP contribution in [0, 0.1) is 5.92 Å². The number of aryl methyl sites for hydroxylation is 1. The second-order valence-electron chi connectivity index (χ2n) is 14.6. The van der Waals surface area contributed by atoms with Crippen molar-refractivity contribution in [2.45, 2.75) is 133 Å². The summed E-state index contributed by atoms with van der Waals surface area (Å²) in [7, 11) is -6.25. The van der Waals surface area contributed by atoms with Crippen LogP contribution in [0.3, 0.4) is 0 Å². The molecule has 41 heavy (non-hydrogen) atoms. The maximum atomic E-state index is 13.5. The Morgan fingerprint density at radius 2 is 1.51 bits per heavy atom. The van der Waals surface area contributed by atoms with E-state index in [-0.39, 0.29) is 33.2 Å². The summed E-state index contributed by atoms with van der Waals surface area (Å²) in [4.78, 5) is 11.9. The minimum absolute atomic E-state index is 0.00338. The maximum Gasteiger partial charge on any atom is 0.192 e. The number of hydrogen-bond donors (Lipinski definition) is 0. The molecular formula is C31H56O7SSi2. The smallest absolute Gasteiger partial charge is 0.192 e. The molecule has 1 aromatic carbocycles. The van der Waals surface area contributed by atoms with Crippen LogP contribution in [-0.2, 0) is 39.4 Å². The first-order chi connectivity index (χ1) is 18.7. The second kappa shape index (κ2) is 13.8. The van der Waals surface area contributed by atoms with Gasteiger partial charge in [-0.3, -0.25) is 0 Å². The summed E-state index contributed by atoms with van der Waals surface area (Å²) >= 11 is 0. The molecule has 10 heteroatoms. The summed E-state index contributed by atoms with van der Waals surface area (Å²) in [6.07, 6.45) is 0.524. The number of hydrogen-bond acceptors (Lipinski definition) is 7. The number of carbonyl (C=O) groups is 1. The van der Waals surface area contributed by atoms with Gasteiger partial charge in [0.25, 0.3) is 0 Å². The average Bonchev–Trinajstić information content (AvgIpc) is 3.16. The van der Waals surface area contributed by atoms with E-state index in [1.807, 2.05) is 19.1 Å². The van der Waals surface area contributed by atoms with Gasteiger partial charge in [0.15, 0.2) is 26.5 Å². The molecule has 0 radical (unpaired) electrons. The highest BCUT2D eigenvalue weighted by Gasteiger charge is 2.49. The van der Waals surface area contributed by atoms with Gasteiger partial charge in [-0.2, -0.15) is 0 Å². The summed E-state index contributed by atoms with van der Waals surface area (Å²) in [5.74, 6) is -0.638. The SMILES string of the molecule is CCc1ccc(S(=O)(=O)C[C@@H]2[C@H](OC)[C@@H](CC(CO[Si](C)(C)C(C)(C)C)O[Si](C)(C)C(C)(C)C)O[C@H]2CC=O)cc1. The van der Waals surface area contributed by atoms with Gasteiger partial charge < -0.3 is 23.1 Å². The molecule has 1 heterocycles. The van der Waals surface area contributed by atoms with Gasteiger partial charge in [0.05, 0.1) is 41.7 Å². The van der Waals surface area contributed by atoms with Crippen molar-refractivity contribution in [3.63, 3.8) is 0 Å². The summed E-state index contributed by atoms with van der Waals surface area (Å²) in [6.45, 7) is 24.7. The Morgan fingerprint density at radius 1 is 0.951 bits per heavy atom. The first-order valence-electron chi connectivity index (χ1n) is 14.9. The molecule has 0 aromatic heterocycles. The van der Waals surface area contributed by atoms with E-state index in [1.165, 1.54) is 0 Å². The number of sulfone groups is 1. The molecule has 2 rings (SSSR count). The summed E-state index contributed by atoms with van der Waals surface area (Å²) in [6, 6.07) is 7.03. The average molecular weight is 629 g/mol. The molecule has 7 nitrogen and oxygen atoms in total. The van der Waals surface area contributed by atoms with E-state index in [1.54, 1.807) is 19.2 Å². The lowest BCUT2D eigenvalue weighted by Crippen LogP contribution is -2.49. The first kappa shape index (κ1) is 36.3. The normalized spacial score (nSPS) is 23.5. The number of aldehydes is 1. The van der Waals surface area contributed by atoms with Gasteiger partial charge in [0, 0.05) is 25.9 Å². The Morgan fingerprint density at radius 3 is 1.98 bits per heavy atom. The topological polar surface area (TPSA) is 88.1 Å². The number of carbonyl (C=O) groups excluding carboxylic acids is 1. The van der Waals surface area contributed by atoms with Crippen LogP contribution in [-0.4, -0.2) is 75.2 Å². The van der Waals surface area contributed by atoms with E-state index < -0.39 is 50.7 Å².